The lowest BCUT2D eigenvalue weighted by atomic mass is 10.0. The molecule has 0 fully saturated rings. The molecule has 5 heteroatoms. The summed E-state index contributed by atoms with van der Waals surface area (Å²) in [7, 11) is 0. The zero-order chi connectivity index (χ0) is 18.7. The number of fused-ring (bicyclic) bond motifs is 1. The van der Waals surface area contributed by atoms with Gasteiger partial charge in [0.25, 0.3) is 0 Å². The number of ketones is 1. The maximum absolute atomic E-state index is 13.0. The molecule has 134 valence electrons. The van der Waals surface area contributed by atoms with Gasteiger partial charge in [-0.1, -0.05) is 13.3 Å². The Kier molecular flexibility index (Phi) is 5.16. The van der Waals surface area contributed by atoms with Gasteiger partial charge >= 0.3 is 5.63 Å². The van der Waals surface area contributed by atoms with E-state index < -0.39 is 11.4 Å². The monoisotopic (exact) mass is 354 g/mol. The van der Waals surface area contributed by atoms with Gasteiger partial charge in [-0.2, -0.15) is 0 Å². The van der Waals surface area contributed by atoms with Crippen molar-refractivity contribution in [3.8, 4) is 5.75 Å². The molecule has 0 spiro atoms. The number of hydrogen-bond donors (Lipinski definition) is 0. The van der Waals surface area contributed by atoms with E-state index in [9.17, 15) is 14.0 Å². The third-order valence-corrected chi connectivity index (χ3v) is 4.08. The molecule has 0 saturated carbocycles. The van der Waals surface area contributed by atoms with Gasteiger partial charge in [0.2, 0.25) is 0 Å². The van der Waals surface area contributed by atoms with Crippen LogP contribution in [0.15, 0.2) is 51.7 Å². The maximum Gasteiger partial charge on any atom is 0.336 e. The average Bonchev–Trinajstić information content (AvgIpc) is 2.59. The van der Waals surface area contributed by atoms with Crippen molar-refractivity contribution in [3.63, 3.8) is 0 Å². The summed E-state index contributed by atoms with van der Waals surface area (Å²) in [5.41, 5.74) is 2.12. The van der Waals surface area contributed by atoms with Crippen molar-refractivity contribution in [2.24, 2.45) is 0 Å². The largest absolute Gasteiger partial charge is 0.485 e. The van der Waals surface area contributed by atoms with Crippen molar-refractivity contribution in [3.05, 3.63) is 75.4 Å². The maximum atomic E-state index is 13.0. The van der Waals surface area contributed by atoms with Crippen molar-refractivity contribution in [1.29, 1.82) is 0 Å². The van der Waals surface area contributed by atoms with Crippen LogP contribution in [0.5, 0.6) is 5.75 Å². The fraction of sp³-hybridized carbons (Fsp3) is 0.238. The van der Waals surface area contributed by atoms with E-state index in [0.717, 1.165) is 17.5 Å². The highest BCUT2D eigenvalue weighted by molar-refractivity contribution is 5.97. The van der Waals surface area contributed by atoms with Crippen LogP contribution in [0.2, 0.25) is 0 Å². The summed E-state index contributed by atoms with van der Waals surface area (Å²) in [6.07, 6.45) is 1.56. The van der Waals surface area contributed by atoms with Gasteiger partial charge < -0.3 is 9.15 Å². The van der Waals surface area contributed by atoms with Crippen LogP contribution in [0.4, 0.5) is 4.39 Å². The van der Waals surface area contributed by atoms with Gasteiger partial charge in [-0.3, -0.25) is 4.79 Å². The highest BCUT2D eigenvalue weighted by Crippen LogP contribution is 2.30. The fourth-order valence-electron chi connectivity index (χ4n) is 2.91. The van der Waals surface area contributed by atoms with Crippen LogP contribution in [0, 0.1) is 12.7 Å². The number of benzene rings is 2. The summed E-state index contributed by atoms with van der Waals surface area (Å²) in [6.45, 7) is 3.70. The standard InChI is InChI=1S/C21H19FO4/c1-3-4-15-11-20(24)26-19-10-13(2)9-18(21(15)19)25-12-17(23)14-5-7-16(22)8-6-14/h5-11H,3-4,12H2,1-2H3. The van der Waals surface area contributed by atoms with Crippen LogP contribution in [-0.4, -0.2) is 12.4 Å². The zero-order valence-electron chi connectivity index (χ0n) is 14.7. The average molecular weight is 354 g/mol. The van der Waals surface area contributed by atoms with E-state index in [-0.39, 0.29) is 12.4 Å². The minimum absolute atomic E-state index is 0.186. The third-order valence-electron chi connectivity index (χ3n) is 4.08. The van der Waals surface area contributed by atoms with Gasteiger partial charge in [0.05, 0.1) is 5.39 Å². The predicted molar refractivity (Wildman–Crippen MR) is 97.4 cm³/mol. The molecule has 0 amide bonds. The molecule has 26 heavy (non-hydrogen) atoms. The molecule has 3 rings (SSSR count). The summed E-state index contributed by atoms with van der Waals surface area (Å²) in [5.74, 6) is -0.150. The predicted octanol–water partition coefficient (Wildman–Crippen LogP) is 4.45. The highest BCUT2D eigenvalue weighted by atomic mass is 19.1. The number of rotatable bonds is 6. The fourth-order valence-corrected chi connectivity index (χ4v) is 2.91. The van der Waals surface area contributed by atoms with E-state index in [1.54, 1.807) is 6.07 Å². The van der Waals surface area contributed by atoms with Crippen LogP contribution >= 0.6 is 0 Å². The summed E-state index contributed by atoms with van der Waals surface area (Å²) >= 11 is 0. The van der Waals surface area contributed by atoms with Crippen LogP contribution in [-0.2, 0) is 6.42 Å². The third kappa shape index (κ3) is 3.82. The molecule has 1 aromatic heterocycles. The molecular weight excluding hydrogens is 335 g/mol. The molecule has 0 bridgehead atoms. The number of ether oxygens (including phenoxy) is 1. The van der Waals surface area contributed by atoms with E-state index >= 15 is 0 Å². The topological polar surface area (TPSA) is 56.5 Å². The molecule has 3 aromatic rings. The number of aryl methyl sites for hydroxylation is 2. The minimum atomic E-state index is -0.403. The molecular formula is C21H19FO4. The van der Waals surface area contributed by atoms with Crippen LogP contribution < -0.4 is 10.4 Å². The van der Waals surface area contributed by atoms with Gasteiger partial charge in [-0.15, -0.1) is 0 Å². The van der Waals surface area contributed by atoms with Crippen molar-refractivity contribution >= 4 is 16.8 Å². The SMILES string of the molecule is CCCc1cc(=O)oc2cc(C)cc(OCC(=O)c3ccc(F)cc3)c12. The molecule has 0 atom stereocenters. The molecule has 0 saturated heterocycles. The summed E-state index contributed by atoms with van der Waals surface area (Å²) in [6, 6.07) is 10.4. The van der Waals surface area contributed by atoms with Crippen LogP contribution in [0.1, 0.15) is 34.8 Å². The Morgan fingerprint density at radius 3 is 2.58 bits per heavy atom. The summed E-state index contributed by atoms with van der Waals surface area (Å²) in [4.78, 5) is 24.1. The molecule has 0 aliphatic rings. The van der Waals surface area contributed by atoms with Gasteiger partial charge in [-0.25, -0.2) is 9.18 Å². The van der Waals surface area contributed by atoms with Gasteiger partial charge in [0.15, 0.2) is 12.4 Å². The van der Waals surface area contributed by atoms with Crippen LogP contribution in [0.3, 0.4) is 0 Å². The first-order valence-electron chi connectivity index (χ1n) is 8.47. The molecule has 0 aliphatic carbocycles. The molecule has 1 heterocycles. The van der Waals surface area contributed by atoms with E-state index in [1.165, 1.54) is 30.3 Å². The zero-order valence-corrected chi connectivity index (χ0v) is 14.7. The van der Waals surface area contributed by atoms with Crippen molar-refractivity contribution in [2.75, 3.05) is 6.61 Å². The van der Waals surface area contributed by atoms with Gasteiger partial charge in [0.1, 0.15) is 17.1 Å². The Bertz CT molecular complexity index is 1000. The lowest BCUT2D eigenvalue weighted by molar-refractivity contribution is 0.0922. The normalized spacial score (nSPS) is 10.9. The first-order chi connectivity index (χ1) is 12.5. The Morgan fingerprint density at radius 2 is 1.88 bits per heavy atom. The Balaban J connectivity index is 1.95. The quantitative estimate of drug-likeness (QED) is 0.485. The van der Waals surface area contributed by atoms with E-state index in [4.69, 9.17) is 9.15 Å². The Hall–Kier alpha value is -2.95. The minimum Gasteiger partial charge on any atom is -0.485 e. The number of Topliss-reactive ketones (excluding diaryl/α,β-unsaturated/α-hetero) is 1. The molecule has 0 radical (unpaired) electrons. The lowest BCUT2D eigenvalue weighted by Crippen LogP contribution is -2.12. The second kappa shape index (κ2) is 7.52. The van der Waals surface area contributed by atoms with Gasteiger partial charge in [0, 0.05) is 11.6 Å². The number of carbonyl (C=O) groups is 1. The first-order valence-corrected chi connectivity index (χ1v) is 8.47. The molecule has 0 aliphatic heterocycles. The molecule has 0 unspecified atom stereocenters. The van der Waals surface area contributed by atoms with Gasteiger partial charge in [-0.05, 0) is 60.9 Å². The Morgan fingerprint density at radius 1 is 1.15 bits per heavy atom. The first kappa shape index (κ1) is 17.9. The van der Waals surface area contributed by atoms with E-state index in [0.29, 0.717) is 28.7 Å². The van der Waals surface area contributed by atoms with Crippen LogP contribution in [0.25, 0.3) is 11.0 Å². The summed E-state index contributed by atoms with van der Waals surface area (Å²) < 4.78 is 24.1. The molecule has 0 N–H and O–H groups in total. The smallest absolute Gasteiger partial charge is 0.336 e. The number of carbonyl (C=O) groups excluding carboxylic acids is 1. The Labute approximate surface area is 150 Å². The lowest BCUT2D eigenvalue weighted by Gasteiger charge is -2.12. The van der Waals surface area contributed by atoms with Crippen molar-refractivity contribution < 1.29 is 18.3 Å². The van der Waals surface area contributed by atoms with E-state index in [2.05, 4.69) is 0 Å². The summed E-state index contributed by atoms with van der Waals surface area (Å²) in [5, 5.41) is 0.712. The number of hydrogen-bond acceptors (Lipinski definition) is 4. The highest BCUT2D eigenvalue weighted by Gasteiger charge is 2.14. The molecule has 2 aromatic carbocycles. The molecule has 4 nitrogen and oxygen atoms in total. The second-order valence-corrected chi connectivity index (χ2v) is 6.20. The van der Waals surface area contributed by atoms with Crippen molar-refractivity contribution in [1.82, 2.24) is 0 Å². The number of halogens is 1. The van der Waals surface area contributed by atoms with Crippen molar-refractivity contribution in [2.45, 2.75) is 26.7 Å². The van der Waals surface area contributed by atoms with E-state index in [1.807, 2.05) is 19.9 Å². The second-order valence-electron chi connectivity index (χ2n) is 6.20.